The van der Waals surface area contributed by atoms with Gasteiger partial charge in [-0.2, -0.15) is 0 Å². The molecule has 0 aliphatic heterocycles. The summed E-state index contributed by atoms with van der Waals surface area (Å²) in [5, 5.41) is 23.1. The van der Waals surface area contributed by atoms with Gasteiger partial charge in [-0.1, -0.05) is 230 Å². The Morgan fingerprint density at radius 3 is 1.25 bits per heavy atom. The Morgan fingerprint density at radius 2 is 0.794 bits per heavy atom. The van der Waals surface area contributed by atoms with E-state index in [2.05, 4.69) is 55.6 Å². The van der Waals surface area contributed by atoms with E-state index in [4.69, 9.17) is 4.74 Å². The Labute approximate surface area is 392 Å². The van der Waals surface area contributed by atoms with E-state index in [1.54, 1.807) is 0 Å². The third kappa shape index (κ3) is 49.4. The molecule has 0 radical (unpaired) electrons. The van der Waals surface area contributed by atoms with Crippen LogP contribution < -0.4 is 5.32 Å². The number of hydrogen-bond acceptors (Lipinski definition) is 5. The molecule has 1 amide bonds. The summed E-state index contributed by atoms with van der Waals surface area (Å²) in [6.45, 7) is 4.90. The van der Waals surface area contributed by atoms with Gasteiger partial charge in [0.1, 0.15) is 0 Å². The quantitative estimate of drug-likeness (QED) is 0.0321. The number of nitrogens with one attached hydrogen (secondary N) is 1. The number of ether oxygens (including phenoxy) is 1. The van der Waals surface area contributed by atoms with Crippen molar-refractivity contribution in [1.29, 1.82) is 0 Å². The molecule has 0 spiro atoms. The fourth-order valence-electron chi connectivity index (χ4n) is 8.37. The van der Waals surface area contributed by atoms with Crippen LogP contribution in [0.2, 0.25) is 0 Å². The fourth-order valence-corrected chi connectivity index (χ4v) is 8.37. The van der Waals surface area contributed by atoms with E-state index < -0.39 is 12.1 Å². The Morgan fingerprint density at radius 1 is 0.444 bits per heavy atom. The number of amides is 1. The molecule has 63 heavy (non-hydrogen) atoms. The second-order valence-electron chi connectivity index (χ2n) is 18.9. The highest BCUT2D eigenvalue weighted by molar-refractivity contribution is 5.76. The summed E-state index contributed by atoms with van der Waals surface area (Å²) in [6, 6.07) is -0.546. The van der Waals surface area contributed by atoms with Crippen LogP contribution in [0.1, 0.15) is 290 Å². The lowest BCUT2D eigenvalue weighted by atomic mass is 10.0. The third-order valence-electron chi connectivity index (χ3n) is 12.7. The molecule has 0 aromatic rings. The normalized spacial score (nSPS) is 12.9. The van der Waals surface area contributed by atoms with Gasteiger partial charge in [0.15, 0.2) is 0 Å². The Bertz CT molecular complexity index is 1020. The molecular weight excluding hydrogens is 779 g/mol. The van der Waals surface area contributed by atoms with Crippen LogP contribution in [0.25, 0.3) is 0 Å². The van der Waals surface area contributed by atoms with Crippen molar-refractivity contribution in [3.63, 3.8) is 0 Å². The van der Waals surface area contributed by atoms with Crippen LogP contribution in [-0.2, 0) is 14.3 Å². The van der Waals surface area contributed by atoms with Gasteiger partial charge in [0.2, 0.25) is 5.91 Å². The van der Waals surface area contributed by atoms with Crippen LogP contribution in [0.5, 0.6) is 0 Å². The number of rotatable bonds is 51. The van der Waals surface area contributed by atoms with E-state index >= 15 is 0 Å². The Hall–Kier alpha value is -1.92. The topological polar surface area (TPSA) is 95.9 Å². The average molecular weight is 886 g/mol. The molecule has 3 N–H and O–H groups in total. The number of aliphatic hydroxyl groups excluding tert-OH is 2. The Balaban J connectivity index is 3.41. The van der Waals surface area contributed by atoms with Crippen molar-refractivity contribution in [2.45, 2.75) is 302 Å². The highest BCUT2D eigenvalue weighted by atomic mass is 16.5. The molecule has 0 rings (SSSR count). The van der Waals surface area contributed by atoms with Crippen LogP contribution in [0.4, 0.5) is 0 Å². The minimum Gasteiger partial charge on any atom is -0.466 e. The Kier molecular flexibility index (Phi) is 51.1. The molecule has 0 saturated carbocycles. The zero-order valence-electron chi connectivity index (χ0n) is 42.1. The summed E-state index contributed by atoms with van der Waals surface area (Å²) >= 11 is 0. The summed E-state index contributed by atoms with van der Waals surface area (Å²) in [6.07, 6.45) is 64.2. The second kappa shape index (κ2) is 52.7. The summed E-state index contributed by atoms with van der Waals surface area (Å²) < 4.78 is 5.47. The first-order valence-corrected chi connectivity index (χ1v) is 27.7. The second-order valence-corrected chi connectivity index (χ2v) is 18.9. The first-order valence-electron chi connectivity index (χ1n) is 27.7. The van der Waals surface area contributed by atoms with Gasteiger partial charge in [0.25, 0.3) is 0 Å². The van der Waals surface area contributed by atoms with E-state index in [-0.39, 0.29) is 18.5 Å². The maximum atomic E-state index is 12.4. The molecule has 0 bridgehead atoms. The first-order chi connectivity index (χ1) is 31.0. The number of carbonyl (C=O) groups is 2. The molecule has 0 aliphatic carbocycles. The number of hydrogen-bond donors (Lipinski definition) is 3. The van der Waals surface area contributed by atoms with Gasteiger partial charge >= 0.3 is 5.97 Å². The van der Waals surface area contributed by atoms with Crippen molar-refractivity contribution >= 4 is 11.9 Å². The number of allylic oxidation sites excluding steroid dienone is 6. The van der Waals surface area contributed by atoms with Crippen molar-refractivity contribution in [1.82, 2.24) is 5.32 Å². The van der Waals surface area contributed by atoms with Crippen LogP contribution in [0.3, 0.4) is 0 Å². The van der Waals surface area contributed by atoms with Gasteiger partial charge in [-0.25, -0.2) is 0 Å². The summed E-state index contributed by atoms with van der Waals surface area (Å²) in [7, 11) is 0. The fraction of sp³-hybridized carbons (Fsp3) is 0.860. The largest absolute Gasteiger partial charge is 0.466 e. The molecule has 2 unspecified atom stereocenters. The number of carbonyl (C=O) groups excluding carboxylic acids is 2. The van der Waals surface area contributed by atoms with Gasteiger partial charge in [-0.3, -0.25) is 9.59 Å². The van der Waals surface area contributed by atoms with Gasteiger partial charge in [0.05, 0.1) is 25.4 Å². The lowest BCUT2D eigenvalue weighted by molar-refractivity contribution is -0.143. The van der Waals surface area contributed by atoms with E-state index in [0.717, 1.165) is 51.4 Å². The van der Waals surface area contributed by atoms with E-state index in [9.17, 15) is 19.8 Å². The average Bonchev–Trinajstić information content (AvgIpc) is 3.28. The first kappa shape index (κ1) is 61.1. The SMILES string of the molecule is CCCCC/C=C\C/C=C\CCCCCCCC(=O)OCCCCCCCCCCCC/C=C\CCCCCCCCCC(=O)NC(CO)C(O)CCCCCCCCCCCC. The predicted octanol–water partition coefficient (Wildman–Crippen LogP) is 16.9. The lowest BCUT2D eigenvalue weighted by Crippen LogP contribution is -2.45. The molecule has 0 aromatic carbocycles. The van der Waals surface area contributed by atoms with E-state index in [1.807, 2.05) is 0 Å². The van der Waals surface area contributed by atoms with Crippen molar-refractivity contribution < 1.29 is 24.5 Å². The van der Waals surface area contributed by atoms with Crippen LogP contribution in [0, 0.1) is 0 Å². The third-order valence-corrected chi connectivity index (χ3v) is 12.7. The van der Waals surface area contributed by atoms with Crippen LogP contribution in [-0.4, -0.2) is 47.4 Å². The van der Waals surface area contributed by atoms with Crippen molar-refractivity contribution in [2.24, 2.45) is 0 Å². The molecule has 6 nitrogen and oxygen atoms in total. The standard InChI is InChI=1S/C57H107NO5/c1-3-5-7-9-11-13-15-16-24-28-31-35-39-43-47-51-57(62)63-52-48-44-40-36-32-29-26-23-21-19-17-18-20-22-25-27-30-34-38-42-46-50-56(61)58-54(53-59)55(60)49-45-41-37-33-14-12-10-8-6-4-2/h11,13,16,18,20,24,54-55,59-60H,3-10,12,14-15,17,19,21-23,25-53H2,1-2H3,(H,58,61)/b13-11-,20-18-,24-16-. The highest BCUT2D eigenvalue weighted by Gasteiger charge is 2.20. The molecule has 0 aromatic heterocycles. The van der Waals surface area contributed by atoms with Gasteiger partial charge in [-0.05, 0) is 83.5 Å². The number of aliphatic hydroxyl groups is 2. The minimum absolute atomic E-state index is 0.00629. The summed E-state index contributed by atoms with van der Waals surface area (Å²) in [5.74, 6) is -0.0514. The molecule has 0 heterocycles. The minimum atomic E-state index is -0.667. The zero-order chi connectivity index (χ0) is 45.8. The van der Waals surface area contributed by atoms with Crippen molar-refractivity contribution in [3.8, 4) is 0 Å². The highest BCUT2D eigenvalue weighted by Crippen LogP contribution is 2.16. The smallest absolute Gasteiger partial charge is 0.305 e. The molecule has 0 aliphatic rings. The number of unbranched alkanes of at least 4 members (excludes halogenated alkanes) is 34. The van der Waals surface area contributed by atoms with Crippen LogP contribution >= 0.6 is 0 Å². The molecule has 0 fully saturated rings. The van der Waals surface area contributed by atoms with Crippen molar-refractivity contribution in [2.75, 3.05) is 13.2 Å². The summed E-state index contributed by atoms with van der Waals surface area (Å²) in [5.41, 5.74) is 0. The van der Waals surface area contributed by atoms with E-state index in [1.165, 1.54) is 205 Å². The van der Waals surface area contributed by atoms with E-state index in [0.29, 0.717) is 25.9 Å². The maximum Gasteiger partial charge on any atom is 0.305 e. The maximum absolute atomic E-state index is 12.4. The molecular formula is C57H107NO5. The zero-order valence-corrected chi connectivity index (χ0v) is 42.1. The van der Waals surface area contributed by atoms with Crippen molar-refractivity contribution in [3.05, 3.63) is 36.5 Å². The number of esters is 1. The monoisotopic (exact) mass is 886 g/mol. The van der Waals surface area contributed by atoms with Gasteiger partial charge in [-0.15, -0.1) is 0 Å². The van der Waals surface area contributed by atoms with Gasteiger partial charge in [0, 0.05) is 12.8 Å². The summed E-state index contributed by atoms with van der Waals surface area (Å²) in [4.78, 5) is 24.4. The molecule has 0 saturated heterocycles. The molecule has 2 atom stereocenters. The molecule has 370 valence electrons. The lowest BCUT2D eigenvalue weighted by Gasteiger charge is -2.22. The predicted molar refractivity (Wildman–Crippen MR) is 273 cm³/mol. The van der Waals surface area contributed by atoms with Gasteiger partial charge < -0.3 is 20.3 Å². The molecule has 6 heteroatoms. The van der Waals surface area contributed by atoms with Crippen LogP contribution in [0.15, 0.2) is 36.5 Å².